The molecular weight excluding hydrogens is 324 g/mol. The van der Waals surface area contributed by atoms with E-state index in [1.165, 1.54) is 24.6 Å². The average molecular weight is 346 g/mol. The van der Waals surface area contributed by atoms with Crippen LogP contribution in [0.5, 0.6) is 0 Å². The lowest BCUT2D eigenvalue weighted by Gasteiger charge is -2.16. The summed E-state index contributed by atoms with van der Waals surface area (Å²) in [6, 6.07) is 3.98. The van der Waals surface area contributed by atoms with Gasteiger partial charge in [0, 0.05) is 12.6 Å². The van der Waals surface area contributed by atoms with Gasteiger partial charge >= 0.3 is 0 Å². The van der Waals surface area contributed by atoms with E-state index < -0.39 is 0 Å². The summed E-state index contributed by atoms with van der Waals surface area (Å²) in [4.78, 5) is 12.4. The highest BCUT2D eigenvalue weighted by Gasteiger charge is 2.24. The van der Waals surface area contributed by atoms with Crippen LogP contribution < -0.4 is 5.32 Å². The molecule has 1 unspecified atom stereocenters. The molecule has 7 heteroatoms. The molecule has 0 saturated heterocycles. The fraction of sp³-hybridized carbons (Fsp3) is 0.471. The zero-order chi connectivity index (χ0) is 16.9. The van der Waals surface area contributed by atoms with Gasteiger partial charge in [-0.05, 0) is 31.9 Å². The van der Waals surface area contributed by atoms with Gasteiger partial charge in [0.1, 0.15) is 0 Å². The third kappa shape index (κ3) is 3.72. The van der Waals surface area contributed by atoms with Crippen LogP contribution in [-0.4, -0.2) is 32.0 Å². The maximum atomic E-state index is 12.4. The SMILES string of the molecule is C=CCn1c(SC(C)C(=O)NC2CCCC2)nnc1-c1ccco1. The first-order chi connectivity index (χ1) is 11.7. The van der Waals surface area contributed by atoms with Crippen LogP contribution in [0.3, 0.4) is 0 Å². The van der Waals surface area contributed by atoms with Crippen LogP contribution in [0, 0.1) is 0 Å². The molecule has 1 aliphatic carbocycles. The highest BCUT2D eigenvalue weighted by Crippen LogP contribution is 2.27. The van der Waals surface area contributed by atoms with Crippen molar-refractivity contribution < 1.29 is 9.21 Å². The topological polar surface area (TPSA) is 73.0 Å². The Labute approximate surface area is 145 Å². The molecule has 1 saturated carbocycles. The lowest BCUT2D eigenvalue weighted by molar-refractivity contribution is -0.120. The molecule has 24 heavy (non-hydrogen) atoms. The minimum atomic E-state index is -0.234. The van der Waals surface area contributed by atoms with E-state index in [1.807, 2.05) is 23.6 Å². The summed E-state index contributed by atoms with van der Waals surface area (Å²) < 4.78 is 7.33. The quantitative estimate of drug-likeness (QED) is 0.615. The molecular formula is C17H22N4O2S. The Bertz CT molecular complexity index is 690. The van der Waals surface area contributed by atoms with E-state index in [-0.39, 0.29) is 11.2 Å². The van der Waals surface area contributed by atoms with Gasteiger partial charge in [0.05, 0.1) is 11.5 Å². The molecule has 128 valence electrons. The number of hydrogen-bond donors (Lipinski definition) is 1. The van der Waals surface area contributed by atoms with Crippen molar-refractivity contribution in [2.45, 2.75) is 55.6 Å². The van der Waals surface area contributed by atoms with Crippen LogP contribution in [0.1, 0.15) is 32.6 Å². The van der Waals surface area contributed by atoms with Gasteiger partial charge in [-0.1, -0.05) is 30.7 Å². The number of thioether (sulfide) groups is 1. The summed E-state index contributed by atoms with van der Waals surface area (Å²) in [6.07, 6.45) is 7.95. The van der Waals surface area contributed by atoms with E-state index in [4.69, 9.17) is 4.42 Å². The fourth-order valence-electron chi connectivity index (χ4n) is 2.86. The summed E-state index contributed by atoms with van der Waals surface area (Å²) in [6.45, 7) is 6.24. The van der Waals surface area contributed by atoms with Gasteiger partial charge < -0.3 is 9.73 Å². The first-order valence-electron chi connectivity index (χ1n) is 8.24. The van der Waals surface area contributed by atoms with Crippen molar-refractivity contribution in [3.63, 3.8) is 0 Å². The molecule has 0 bridgehead atoms. The second kappa shape index (κ2) is 7.70. The zero-order valence-electron chi connectivity index (χ0n) is 13.8. The molecule has 3 rings (SSSR count). The molecule has 2 heterocycles. The average Bonchev–Trinajstić information content (AvgIpc) is 3.30. The Morgan fingerprint density at radius 2 is 2.33 bits per heavy atom. The second-order valence-electron chi connectivity index (χ2n) is 5.93. The summed E-state index contributed by atoms with van der Waals surface area (Å²) in [5.41, 5.74) is 0. The summed E-state index contributed by atoms with van der Waals surface area (Å²) in [5.74, 6) is 1.35. The number of hydrogen-bond acceptors (Lipinski definition) is 5. The Kier molecular flexibility index (Phi) is 5.40. The first-order valence-corrected chi connectivity index (χ1v) is 9.12. The van der Waals surface area contributed by atoms with Crippen molar-refractivity contribution in [1.82, 2.24) is 20.1 Å². The molecule has 0 spiro atoms. The highest BCUT2D eigenvalue weighted by molar-refractivity contribution is 8.00. The minimum absolute atomic E-state index is 0.0552. The van der Waals surface area contributed by atoms with Gasteiger partial charge in [0.2, 0.25) is 11.7 Å². The number of amides is 1. The van der Waals surface area contributed by atoms with Gasteiger partial charge in [-0.3, -0.25) is 9.36 Å². The van der Waals surface area contributed by atoms with Gasteiger partial charge in [0.25, 0.3) is 0 Å². The minimum Gasteiger partial charge on any atom is -0.461 e. The monoisotopic (exact) mass is 346 g/mol. The predicted octanol–water partition coefficient (Wildman–Crippen LogP) is 3.26. The van der Waals surface area contributed by atoms with Crippen LogP contribution in [0.15, 0.2) is 40.6 Å². The van der Waals surface area contributed by atoms with E-state index in [0.717, 1.165) is 12.8 Å². The predicted molar refractivity (Wildman–Crippen MR) is 93.6 cm³/mol. The van der Waals surface area contributed by atoms with Crippen molar-refractivity contribution in [1.29, 1.82) is 0 Å². The molecule has 1 N–H and O–H groups in total. The van der Waals surface area contributed by atoms with E-state index >= 15 is 0 Å². The Morgan fingerprint density at radius 1 is 1.54 bits per heavy atom. The Balaban J connectivity index is 1.71. The van der Waals surface area contributed by atoms with Gasteiger partial charge in [0.15, 0.2) is 10.9 Å². The van der Waals surface area contributed by atoms with Gasteiger partial charge in [-0.25, -0.2) is 0 Å². The molecule has 0 aromatic carbocycles. The molecule has 0 aliphatic heterocycles. The molecule has 1 amide bonds. The number of aromatic nitrogens is 3. The lowest BCUT2D eigenvalue weighted by Crippen LogP contribution is -2.37. The first kappa shape index (κ1) is 16.8. The number of rotatable bonds is 7. The fourth-order valence-corrected chi connectivity index (χ4v) is 3.73. The maximum absolute atomic E-state index is 12.4. The number of carbonyl (C=O) groups excluding carboxylic acids is 1. The summed E-state index contributed by atoms with van der Waals surface area (Å²) >= 11 is 1.41. The molecule has 2 aromatic rings. The molecule has 2 aromatic heterocycles. The number of nitrogens with zero attached hydrogens (tertiary/aromatic N) is 3. The van der Waals surface area contributed by atoms with E-state index in [9.17, 15) is 4.79 Å². The molecule has 6 nitrogen and oxygen atoms in total. The Hall–Kier alpha value is -2.02. The molecule has 1 aliphatic rings. The summed E-state index contributed by atoms with van der Waals surface area (Å²) in [5, 5.41) is 12.0. The molecule has 0 radical (unpaired) electrons. The zero-order valence-corrected chi connectivity index (χ0v) is 14.6. The van der Waals surface area contributed by atoms with Crippen LogP contribution in [0.25, 0.3) is 11.6 Å². The maximum Gasteiger partial charge on any atom is 0.233 e. The second-order valence-corrected chi connectivity index (χ2v) is 7.24. The lowest BCUT2D eigenvalue weighted by atomic mass is 10.2. The van der Waals surface area contributed by atoms with Gasteiger partial charge in [-0.2, -0.15) is 0 Å². The Morgan fingerprint density at radius 3 is 3.00 bits per heavy atom. The van der Waals surface area contributed by atoms with E-state index in [2.05, 4.69) is 22.1 Å². The smallest absolute Gasteiger partial charge is 0.233 e. The van der Waals surface area contributed by atoms with Crippen molar-refractivity contribution in [3.8, 4) is 11.6 Å². The standard InChI is InChI=1S/C17H22N4O2S/c1-3-10-21-15(14-9-6-11-23-14)19-20-17(21)24-12(2)16(22)18-13-7-4-5-8-13/h3,6,9,11-13H,1,4-5,7-8,10H2,2H3,(H,18,22). The van der Waals surface area contributed by atoms with Crippen LogP contribution >= 0.6 is 11.8 Å². The van der Waals surface area contributed by atoms with E-state index in [0.29, 0.717) is 29.3 Å². The number of nitrogens with one attached hydrogen (secondary N) is 1. The third-order valence-corrected chi connectivity index (χ3v) is 5.20. The third-order valence-electron chi connectivity index (χ3n) is 4.12. The van der Waals surface area contributed by atoms with Crippen LogP contribution in [-0.2, 0) is 11.3 Å². The van der Waals surface area contributed by atoms with Crippen LogP contribution in [0.4, 0.5) is 0 Å². The van der Waals surface area contributed by atoms with Crippen molar-refractivity contribution in [3.05, 3.63) is 31.1 Å². The van der Waals surface area contributed by atoms with Crippen molar-refractivity contribution in [2.24, 2.45) is 0 Å². The summed E-state index contributed by atoms with van der Waals surface area (Å²) in [7, 11) is 0. The molecule has 1 atom stereocenters. The number of allylic oxidation sites excluding steroid dienone is 1. The van der Waals surface area contributed by atoms with Crippen LogP contribution in [0.2, 0.25) is 0 Å². The van der Waals surface area contributed by atoms with Gasteiger partial charge in [-0.15, -0.1) is 16.8 Å². The number of furan rings is 1. The number of carbonyl (C=O) groups is 1. The molecule has 1 fully saturated rings. The van der Waals surface area contributed by atoms with Crippen molar-refractivity contribution in [2.75, 3.05) is 0 Å². The van der Waals surface area contributed by atoms with E-state index in [1.54, 1.807) is 12.3 Å². The largest absolute Gasteiger partial charge is 0.461 e. The van der Waals surface area contributed by atoms with Crippen molar-refractivity contribution >= 4 is 17.7 Å². The normalized spacial score (nSPS) is 16.2. The highest BCUT2D eigenvalue weighted by atomic mass is 32.2.